The number of thiazole rings is 1. The van der Waals surface area contributed by atoms with Crippen LogP contribution in [0, 0.1) is 10.1 Å². The highest BCUT2D eigenvalue weighted by Gasteiger charge is 2.12. The number of imidazole rings is 1. The molecular formula is C14H9N3O4S. The van der Waals surface area contributed by atoms with E-state index in [-0.39, 0.29) is 5.69 Å². The van der Waals surface area contributed by atoms with Crippen LogP contribution in [0.25, 0.3) is 22.3 Å². The first-order valence-electron chi connectivity index (χ1n) is 6.17. The van der Waals surface area contributed by atoms with Crippen molar-refractivity contribution < 1.29 is 14.8 Å². The largest absolute Gasteiger partial charge is 0.478 e. The average molecular weight is 315 g/mol. The summed E-state index contributed by atoms with van der Waals surface area (Å²) in [5, 5.41) is 21.3. The van der Waals surface area contributed by atoms with E-state index >= 15 is 0 Å². The Morgan fingerprint density at radius 2 is 2.09 bits per heavy atom. The molecule has 0 aliphatic carbocycles. The van der Waals surface area contributed by atoms with Gasteiger partial charge in [0.1, 0.15) is 0 Å². The van der Waals surface area contributed by atoms with Gasteiger partial charge in [-0.15, -0.1) is 11.3 Å². The van der Waals surface area contributed by atoms with Gasteiger partial charge >= 0.3 is 5.97 Å². The molecule has 1 N–H and O–H groups in total. The Morgan fingerprint density at radius 1 is 1.36 bits per heavy atom. The van der Waals surface area contributed by atoms with Crippen LogP contribution in [0.4, 0.5) is 5.69 Å². The molecule has 22 heavy (non-hydrogen) atoms. The molecule has 2 heterocycles. The topological polar surface area (TPSA) is 97.7 Å². The van der Waals surface area contributed by atoms with E-state index in [1.54, 1.807) is 18.3 Å². The zero-order chi connectivity index (χ0) is 15.7. The molecule has 0 unspecified atom stereocenters. The molecule has 0 amide bonds. The Bertz CT molecular complexity index is 893. The second kappa shape index (κ2) is 5.41. The summed E-state index contributed by atoms with van der Waals surface area (Å²) in [6.07, 6.45) is 4.09. The summed E-state index contributed by atoms with van der Waals surface area (Å²) >= 11 is 1.41. The number of non-ortho nitro benzene ring substituents is 1. The minimum atomic E-state index is -1.04. The molecule has 0 saturated carbocycles. The molecule has 0 saturated heterocycles. The molecule has 0 aliphatic heterocycles. The molecule has 3 rings (SSSR count). The van der Waals surface area contributed by atoms with Crippen molar-refractivity contribution in [2.75, 3.05) is 0 Å². The van der Waals surface area contributed by atoms with Crippen LogP contribution in [0.5, 0.6) is 0 Å². The van der Waals surface area contributed by atoms with Crippen molar-refractivity contribution in [3.63, 3.8) is 0 Å². The Kier molecular flexibility index (Phi) is 3.43. The predicted octanol–water partition coefficient (Wildman–Crippen LogP) is 3.07. The van der Waals surface area contributed by atoms with E-state index in [1.165, 1.54) is 29.5 Å². The fourth-order valence-electron chi connectivity index (χ4n) is 2.06. The fourth-order valence-corrected chi connectivity index (χ4v) is 2.94. The lowest BCUT2D eigenvalue weighted by Gasteiger charge is -2.01. The fraction of sp³-hybridized carbons (Fsp3) is 0. The third-order valence-corrected chi connectivity index (χ3v) is 3.88. The summed E-state index contributed by atoms with van der Waals surface area (Å²) in [5.74, 6) is -1.04. The molecule has 0 fully saturated rings. The van der Waals surface area contributed by atoms with Gasteiger partial charge in [-0.3, -0.25) is 14.5 Å². The first-order chi connectivity index (χ1) is 10.6. The Labute approximate surface area is 127 Å². The summed E-state index contributed by atoms with van der Waals surface area (Å²) in [6, 6.07) is 6.18. The summed E-state index contributed by atoms with van der Waals surface area (Å²) in [6.45, 7) is 0. The van der Waals surface area contributed by atoms with Crippen molar-refractivity contribution in [3.8, 4) is 11.3 Å². The Balaban J connectivity index is 2.09. The molecule has 7 nitrogen and oxygen atoms in total. The maximum atomic E-state index is 10.7. The van der Waals surface area contributed by atoms with Crippen LogP contribution in [-0.2, 0) is 4.79 Å². The van der Waals surface area contributed by atoms with Crippen LogP contribution < -0.4 is 0 Å². The normalized spacial score (nSPS) is 11.3. The Hall–Kier alpha value is -3.00. The van der Waals surface area contributed by atoms with Gasteiger partial charge < -0.3 is 5.11 Å². The zero-order valence-corrected chi connectivity index (χ0v) is 11.9. The maximum Gasteiger partial charge on any atom is 0.328 e. The second-order valence-electron chi connectivity index (χ2n) is 4.40. The number of rotatable bonds is 4. The lowest BCUT2D eigenvalue weighted by atomic mass is 10.1. The van der Waals surface area contributed by atoms with E-state index in [9.17, 15) is 14.9 Å². The van der Waals surface area contributed by atoms with E-state index in [4.69, 9.17) is 5.11 Å². The minimum absolute atomic E-state index is 0.0202. The highest BCUT2D eigenvalue weighted by Crippen LogP contribution is 2.29. The number of carboxylic acid groups (broad SMARTS) is 1. The summed E-state index contributed by atoms with van der Waals surface area (Å²) < 4.78 is 1.81. The third-order valence-electron chi connectivity index (χ3n) is 3.04. The average Bonchev–Trinajstić information content (AvgIpc) is 3.07. The standard InChI is InChI=1S/C14H9N3O4S/c18-13(19)6-5-11-7-15-14-16(11)12(8-22-14)9-1-3-10(4-2-9)17(20)21/h1-8H,(H,18,19)/b6-5+. The molecule has 8 heteroatoms. The highest BCUT2D eigenvalue weighted by atomic mass is 32.1. The van der Waals surface area contributed by atoms with Gasteiger partial charge in [-0.1, -0.05) is 0 Å². The first-order valence-corrected chi connectivity index (χ1v) is 7.05. The molecule has 0 aliphatic rings. The number of carbonyl (C=O) groups is 1. The van der Waals surface area contributed by atoms with Crippen molar-refractivity contribution in [2.45, 2.75) is 0 Å². The van der Waals surface area contributed by atoms with Gasteiger partial charge in [0.2, 0.25) is 0 Å². The molecule has 110 valence electrons. The molecule has 2 aromatic heterocycles. The predicted molar refractivity (Wildman–Crippen MR) is 81.8 cm³/mol. The number of nitrogens with zero attached hydrogens (tertiary/aromatic N) is 3. The monoisotopic (exact) mass is 315 g/mol. The molecule has 3 aromatic rings. The molecule has 0 bridgehead atoms. The molecule has 0 spiro atoms. The number of carboxylic acids is 1. The van der Waals surface area contributed by atoms with Crippen LogP contribution in [0.15, 0.2) is 41.9 Å². The first kappa shape index (κ1) is 14.0. The smallest absolute Gasteiger partial charge is 0.328 e. The van der Waals surface area contributed by atoms with Gasteiger partial charge in [-0.2, -0.15) is 0 Å². The van der Waals surface area contributed by atoms with Crippen molar-refractivity contribution in [1.82, 2.24) is 9.38 Å². The van der Waals surface area contributed by atoms with Gasteiger partial charge in [-0.05, 0) is 23.8 Å². The SMILES string of the molecule is O=C(O)/C=C/c1cnc2scc(-c3ccc([N+](=O)[O-])cc3)n12. The number of nitro groups is 1. The number of hydrogen-bond donors (Lipinski definition) is 1. The van der Waals surface area contributed by atoms with E-state index in [2.05, 4.69) is 4.98 Å². The van der Waals surface area contributed by atoms with Crippen LogP contribution in [-0.4, -0.2) is 25.4 Å². The van der Waals surface area contributed by atoms with Crippen molar-refractivity contribution in [1.29, 1.82) is 0 Å². The lowest BCUT2D eigenvalue weighted by molar-refractivity contribution is -0.384. The Morgan fingerprint density at radius 3 is 2.73 bits per heavy atom. The van der Waals surface area contributed by atoms with Crippen LogP contribution in [0.2, 0.25) is 0 Å². The lowest BCUT2D eigenvalue weighted by Crippen LogP contribution is -1.91. The van der Waals surface area contributed by atoms with E-state index in [0.29, 0.717) is 5.69 Å². The molecular weight excluding hydrogens is 306 g/mol. The van der Waals surface area contributed by atoms with Crippen molar-refractivity contribution in [2.24, 2.45) is 0 Å². The number of aromatic nitrogens is 2. The van der Waals surface area contributed by atoms with Crippen molar-refractivity contribution >= 4 is 34.0 Å². The molecule has 1 aromatic carbocycles. The van der Waals surface area contributed by atoms with Gasteiger partial charge in [0.15, 0.2) is 4.96 Å². The van der Waals surface area contributed by atoms with E-state index in [0.717, 1.165) is 22.3 Å². The maximum absolute atomic E-state index is 10.7. The molecule has 0 atom stereocenters. The van der Waals surface area contributed by atoms with Gasteiger partial charge in [0.05, 0.1) is 22.5 Å². The summed E-state index contributed by atoms with van der Waals surface area (Å²) in [7, 11) is 0. The number of benzene rings is 1. The van der Waals surface area contributed by atoms with Crippen LogP contribution in [0.3, 0.4) is 0 Å². The minimum Gasteiger partial charge on any atom is -0.478 e. The van der Waals surface area contributed by atoms with Gasteiger partial charge in [0.25, 0.3) is 5.69 Å². The molecule has 0 radical (unpaired) electrons. The van der Waals surface area contributed by atoms with Gasteiger partial charge in [0, 0.05) is 23.6 Å². The summed E-state index contributed by atoms with van der Waals surface area (Å²) in [5.41, 5.74) is 2.25. The van der Waals surface area contributed by atoms with E-state index in [1.807, 2.05) is 9.78 Å². The summed E-state index contributed by atoms with van der Waals surface area (Å²) in [4.78, 5) is 25.8. The number of aliphatic carboxylic acids is 1. The van der Waals surface area contributed by atoms with Crippen LogP contribution >= 0.6 is 11.3 Å². The number of fused-ring (bicyclic) bond motifs is 1. The number of hydrogen-bond acceptors (Lipinski definition) is 5. The van der Waals surface area contributed by atoms with E-state index < -0.39 is 10.9 Å². The van der Waals surface area contributed by atoms with Crippen LogP contribution in [0.1, 0.15) is 5.69 Å². The quantitative estimate of drug-likeness (QED) is 0.453. The second-order valence-corrected chi connectivity index (χ2v) is 5.23. The third kappa shape index (κ3) is 2.47. The number of nitro benzene ring substituents is 1. The zero-order valence-electron chi connectivity index (χ0n) is 11.0. The van der Waals surface area contributed by atoms with Crippen molar-refractivity contribution in [3.05, 3.63) is 57.7 Å². The van der Waals surface area contributed by atoms with Gasteiger partial charge in [-0.25, -0.2) is 9.78 Å². The highest BCUT2D eigenvalue weighted by molar-refractivity contribution is 7.15.